The largest absolute Gasteiger partial charge is 0.673 e. The number of benzene rings is 2. The summed E-state index contributed by atoms with van der Waals surface area (Å²) in [7, 11) is -6.00. The van der Waals surface area contributed by atoms with Crippen LogP contribution >= 0.6 is 0 Å². The van der Waals surface area contributed by atoms with E-state index in [1.807, 2.05) is 0 Å². The Labute approximate surface area is 229 Å². The lowest BCUT2D eigenvalue weighted by Crippen LogP contribution is -2.02. The van der Waals surface area contributed by atoms with Crippen LogP contribution < -0.4 is 0 Å². The lowest BCUT2D eigenvalue weighted by molar-refractivity contribution is 0.368. The highest BCUT2D eigenvalue weighted by molar-refractivity contribution is 7.58. The molecule has 0 aliphatic heterocycles. The SMILES string of the molecule is CCCCCCCCCCCCCCCCCCc1c([SH2+])cccc1-c1ccc(C)cc1.F[B-](F)(F)F. The van der Waals surface area contributed by atoms with Gasteiger partial charge in [-0.15, -0.1) is 0 Å². The first kappa shape index (κ1) is 33.6. The fourth-order valence-electron chi connectivity index (χ4n) is 4.71. The van der Waals surface area contributed by atoms with Gasteiger partial charge in [0.15, 0.2) is 4.90 Å². The summed E-state index contributed by atoms with van der Waals surface area (Å²) in [6, 6.07) is 15.6. The Balaban J connectivity index is 0.00000124. The molecule has 6 heteroatoms. The minimum Gasteiger partial charge on any atom is -0.418 e. The number of hydrogen-bond donors (Lipinski definition) is 0. The van der Waals surface area contributed by atoms with Gasteiger partial charge in [0.05, 0.1) is 0 Å². The predicted molar refractivity (Wildman–Crippen MR) is 158 cm³/mol. The molecule has 0 amide bonds. The molecule has 0 radical (unpaired) electrons. The Morgan fingerprint density at radius 2 is 1.00 bits per heavy atom. The molecular formula is C31H49BF4S. The molecule has 2 rings (SSSR count). The number of unbranched alkanes of at least 4 members (excludes halogenated alkanes) is 15. The topological polar surface area (TPSA) is 0 Å². The zero-order valence-electron chi connectivity index (χ0n) is 23.2. The van der Waals surface area contributed by atoms with Gasteiger partial charge in [-0.2, -0.15) is 0 Å². The first-order valence-corrected chi connectivity index (χ1v) is 15.0. The molecule has 0 bridgehead atoms. The van der Waals surface area contributed by atoms with Crippen LogP contribution in [0.2, 0.25) is 0 Å². The van der Waals surface area contributed by atoms with Crippen molar-refractivity contribution < 1.29 is 17.3 Å². The Morgan fingerprint density at radius 1 is 0.595 bits per heavy atom. The monoisotopic (exact) mass is 540 g/mol. The molecule has 0 aliphatic carbocycles. The summed E-state index contributed by atoms with van der Waals surface area (Å²) in [4.78, 5) is 1.25. The highest BCUT2D eigenvalue weighted by Crippen LogP contribution is 2.28. The van der Waals surface area contributed by atoms with Crippen LogP contribution in [0.25, 0.3) is 11.1 Å². The standard InChI is InChI=1S/C31H48S.BF4/c1-3-4-5-6-7-8-9-10-11-12-13-14-15-16-17-18-20-30-29(21-19-22-31(30)32)28-25-23-27(2)24-26-28;2-1(3,4)5/h19,21-26,32H,3-18,20H2,1-2H3;/q;-1/p+1. The number of aryl methyl sites for hydroxylation is 1. The average molecular weight is 541 g/mol. The van der Waals surface area contributed by atoms with Crippen molar-refractivity contribution in [2.24, 2.45) is 0 Å². The van der Waals surface area contributed by atoms with Crippen LogP contribution in [0.3, 0.4) is 0 Å². The molecule has 0 nitrogen and oxygen atoms in total. The highest BCUT2D eigenvalue weighted by Gasteiger charge is 2.20. The Bertz CT molecular complexity index is 815. The normalized spacial score (nSPS) is 11.3. The van der Waals surface area contributed by atoms with Crippen LogP contribution in [0.4, 0.5) is 17.3 Å². The summed E-state index contributed by atoms with van der Waals surface area (Å²) in [5.74, 6) is 0. The van der Waals surface area contributed by atoms with Gasteiger partial charge in [-0.1, -0.05) is 145 Å². The van der Waals surface area contributed by atoms with Crippen molar-refractivity contribution in [1.82, 2.24) is 0 Å². The fraction of sp³-hybridized carbons (Fsp3) is 0.613. The van der Waals surface area contributed by atoms with Gasteiger partial charge >= 0.3 is 7.25 Å². The van der Waals surface area contributed by atoms with Gasteiger partial charge in [-0.05, 0) is 49.6 Å². The molecule has 2 aromatic rings. The zero-order chi connectivity index (χ0) is 27.4. The van der Waals surface area contributed by atoms with Crippen molar-refractivity contribution in [1.29, 1.82) is 0 Å². The number of rotatable bonds is 18. The van der Waals surface area contributed by atoms with Gasteiger partial charge in [0, 0.05) is 5.56 Å². The van der Waals surface area contributed by atoms with Crippen molar-refractivity contribution in [2.75, 3.05) is 0 Å². The summed E-state index contributed by atoms with van der Waals surface area (Å²) in [6.45, 7) is 4.45. The Kier molecular flexibility index (Phi) is 18.6. The molecule has 37 heavy (non-hydrogen) atoms. The van der Waals surface area contributed by atoms with E-state index in [9.17, 15) is 17.3 Å². The third-order valence-corrected chi connectivity index (χ3v) is 7.29. The van der Waals surface area contributed by atoms with Gasteiger partial charge in [0.1, 0.15) is 0 Å². The summed E-state index contributed by atoms with van der Waals surface area (Å²) >= 11 is 3.86. The molecule has 0 unspecified atom stereocenters. The first-order valence-electron chi connectivity index (χ1n) is 14.5. The molecule has 0 N–H and O–H groups in total. The fourth-order valence-corrected chi connectivity index (χ4v) is 5.07. The van der Waals surface area contributed by atoms with Gasteiger partial charge < -0.3 is 17.3 Å². The molecule has 0 fully saturated rings. The van der Waals surface area contributed by atoms with E-state index < -0.39 is 7.25 Å². The molecule has 0 heterocycles. The second-order valence-electron chi connectivity index (χ2n) is 10.2. The van der Waals surface area contributed by atoms with Gasteiger partial charge in [0.2, 0.25) is 0 Å². The van der Waals surface area contributed by atoms with Gasteiger partial charge in [-0.3, -0.25) is 0 Å². The molecule has 0 atom stereocenters. The van der Waals surface area contributed by atoms with E-state index in [0.29, 0.717) is 0 Å². The average Bonchev–Trinajstić information content (AvgIpc) is 2.84. The lowest BCUT2D eigenvalue weighted by atomic mass is 9.95. The van der Waals surface area contributed by atoms with Gasteiger partial charge in [-0.25, -0.2) is 0 Å². The molecule has 0 aliphatic rings. The second kappa shape index (κ2) is 20.5. The maximum Gasteiger partial charge on any atom is 0.673 e. The van der Waals surface area contributed by atoms with Crippen molar-refractivity contribution in [3.8, 4) is 11.1 Å². The van der Waals surface area contributed by atoms with Crippen molar-refractivity contribution in [3.63, 3.8) is 0 Å². The predicted octanol–water partition coefficient (Wildman–Crippen LogP) is 11.1. The molecule has 210 valence electrons. The van der Waals surface area contributed by atoms with Crippen LogP contribution in [0.1, 0.15) is 121 Å². The summed E-state index contributed by atoms with van der Waals surface area (Å²) in [5, 5.41) is 0. The molecule has 0 saturated heterocycles. The quantitative estimate of drug-likeness (QED) is 0.0763. The van der Waals surface area contributed by atoms with Crippen LogP contribution in [-0.2, 0) is 19.0 Å². The van der Waals surface area contributed by atoms with Crippen LogP contribution in [0.15, 0.2) is 47.4 Å². The smallest absolute Gasteiger partial charge is 0.418 e. The van der Waals surface area contributed by atoms with E-state index in [-0.39, 0.29) is 0 Å². The van der Waals surface area contributed by atoms with E-state index in [2.05, 4.69) is 68.9 Å². The Morgan fingerprint density at radius 3 is 1.43 bits per heavy atom. The lowest BCUT2D eigenvalue weighted by Gasteiger charge is -2.10. The number of hydrogen-bond acceptors (Lipinski definition) is 0. The van der Waals surface area contributed by atoms with Gasteiger partial charge in [0.25, 0.3) is 0 Å². The van der Waals surface area contributed by atoms with Crippen molar-refractivity contribution >= 4 is 19.9 Å². The summed E-state index contributed by atoms with van der Waals surface area (Å²) < 4.78 is 39.0. The van der Waals surface area contributed by atoms with E-state index in [4.69, 9.17) is 0 Å². The molecule has 2 aromatic carbocycles. The third-order valence-electron chi connectivity index (χ3n) is 6.82. The molecule has 0 saturated carbocycles. The minimum absolute atomic E-state index is 1.17. The van der Waals surface area contributed by atoms with E-state index in [0.717, 1.165) is 0 Å². The first-order chi connectivity index (χ1) is 17.7. The Hall–Kier alpha value is -1.43. The van der Waals surface area contributed by atoms with Crippen LogP contribution in [0.5, 0.6) is 0 Å². The third kappa shape index (κ3) is 18.5. The van der Waals surface area contributed by atoms with Crippen molar-refractivity contribution in [3.05, 3.63) is 53.6 Å². The van der Waals surface area contributed by atoms with E-state index >= 15 is 0 Å². The van der Waals surface area contributed by atoms with E-state index in [1.54, 1.807) is 0 Å². The highest BCUT2D eigenvalue weighted by atomic mass is 32.1. The van der Waals surface area contributed by atoms with Crippen molar-refractivity contribution in [2.45, 2.75) is 128 Å². The molecule has 0 spiro atoms. The second-order valence-corrected chi connectivity index (χ2v) is 10.8. The minimum atomic E-state index is -6.00. The maximum atomic E-state index is 9.75. The summed E-state index contributed by atoms with van der Waals surface area (Å²) in [5.41, 5.74) is 5.52. The van der Waals surface area contributed by atoms with Crippen LogP contribution in [-0.4, -0.2) is 7.25 Å². The van der Waals surface area contributed by atoms with E-state index in [1.165, 1.54) is 136 Å². The summed E-state index contributed by atoms with van der Waals surface area (Å²) in [6.07, 6.45) is 24.0. The zero-order valence-corrected chi connectivity index (χ0v) is 24.2. The van der Waals surface area contributed by atoms with Crippen LogP contribution in [0, 0.1) is 6.92 Å². The molecule has 0 aromatic heterocycles. The molecular weight excluding hydrogens is 491 g/mol. The maximum absolute atomic E-state index is 9.75. The number of halogens is 4.